The average molecular weight is 258 g/mol. The Kier molecular flexibility index (Phi) is 5.93. The third-order valence-electron chi connectivity index (χ3n) is 3.44. The van der Waals surface area contributed by atoms with E-state index in [9.17, 15) is 4.39 Å². The highest BCUT2D eigenvalue weighted by Crippen LogP contribution is 2.23. The van der Waals surface area contributed by atoms with Gasteiger partial charge in [-0.05, 0) is 43.1 Å². The summed E-state index contributed by atoms with van der Waals surface area (Å²) in [6.07, 6.45) is 3.02. The fourth-order valence-electron chi connectivity index (χ4n) is 2.30. The second kappa shape index (κ2) is 6.97. The lowest BCUT2D eigenvalue weighted by Gasteiger charge is -2.25. The molecule has 0 heterocycles. The minimum Gasteiger partial charge on any atom is -0.316 e. The summed E-state index contributed by atoms with van der Waals surface area (Å²) in [5.74, 6) is 0.378. The molecule has 0 aliphatic carbocycles. The van der Waals surface area contributed by atoms with Crippen molar-refractivity contribution in [1.29, 1.82) is 0 Å². The molecule has 0 aliphatic rings. The zero-order valence-electron chi connectivity index (χ0n) is 10.8. The van der Waals surface area contributed by atoms with Gasteiger partial charge >= 0.3 is 0 Å². The van der Waals surface area contributed by atoms with E-state index in [1.165, 1.54) is 12.1 Å². The van der Waals surface area contributed by atoms with Gasteiger partial charge in [0, 0.05) is 11.1 Å². The second-order valence-corrected chi connectivity index (χ2v) is 4.82. The first-order chi connectivity index (χ1) is 8.12. The van der Waals surface area contributed by atoms with Crippen LogP contribution >= 0.6 is 11.6 Å². The fraction of sp³-hybridized carbons (Fsp3) is 0.571. The smallest absolute Gasteiger partial charge is 0.123 e. The lowest BCUT2D eigenvalue weighted by molar-refractivity contribution is 0.349. The molecule has 1 N–H and O–H groups in total. The molecule has 1 aromatic rings. The molecular weight excluding hydrogens is 237 g/mol. The van der Waals surface area contributed by atoms with Crippen molar-refractivity contribution < 1.29 is 4.39 Å². The summed E-state index contributed by atoms with van der Waals surface area (Å²) in [5, 5.41) is 3.97. The van der Waals surface area contributed by atoms with Gasteiger partial charge in [0.1, 0.15) is 5.82 Å². The van der Waals surface area contributed by atoms with Gasteiger partial charge in [0.2, 0.25) is 0 Å². The summed E-state index contributed by atoms with van der Waals surface area (Å²) in [5.41, 5.74) is 0.887. The van der Waals surface area contributed by atoms with Crippen LogP contribution in [0.3, 0.4) is 0 Å². The van der Waals surface area contributed by atoms with Crippen molar-refractivity contribution in [3.63, 3.8) is 0 Å². The second-order valence-electron chi connectivity index (χ2n) is 4.41. The maximum atomic E-state index is 13.2. The van der Waals surface area contributed by atoms with E-state index in [1.54, 1.807) is 6.07 Å². The Bertz CT molecular complexity index is 350. The molecular formula is C14H21ClFN. The van der Waals surface area contributed by atoms with Gasteiger partial charge in [0.05, 0.1) is 0 Å². The van der Waals surface area contributed by atoms with Crippen LogP contribution in [0.15, 0.2) is 18.2 Å². The Morgan fingerprint density at radius 3 is 2.47 bits per heavy atom. The summed E-state index contributed by atoms with van der Waals surface area (Å²) in [6, 6.07) is 4.92. The standard InChI is InChI=1S/C14H21ClFN/c1-4-10(5-2)14(17-3)9-11-8-12(16)6-7-13(11)15/h6-8,10,14,17H,4-5,9H2,1-3H3. The van der Waals surface area contributed by atoms with Crippen molar-refractivity contribution in [2.45, 2.75) is 39.2 Å². The molecule has 0 saturated carbocycles. The van der Waals surface area contributed by atoms with Gasteiger partial charge in [-0.1, -0.05) is 38.3 Å². The van der Waals surface area contributed by atoms with Crippen LogP contribution in [-0.4, -0.2) is 13.1 Å². The predicted molar refractivity (Wildman–Crippen MR) is 72.0 cm³/mol. The first-order valence-corrected chi connectivity index (χ1v) is 6.61. The predicted octanol–water partition coefficient (Wildman–Crippen LogP) is 4.05. The lowest BCUT2D eigenvalue weighted by Crippen LogP contribution is -2.35. The van der Waals surface area contributed by atoms with Gasteiger partial charge < -0.3 is 5.32 Å². The molecule has 0 aromatic heterocycles. The molecule has 1 atom stereocenters. The highest BCUT2D eigenvalue weighted by molar-refractivity contribution is 6.31. The molecule has 3 heteroatoms. The number of rotatable bonds is 6. The Morgan fingerprint density at radius 1 is 1.29 bits per heavy atom. The van der Waals surface area contributed by atoms with Gasteiger partial charge in [-0.25, -0.2) is 4.39 Å². The largest absolute Gasteiger partial charge is 0.316 e. The van der Waals surface area contributed by atoms with Crippen molar-refractivity contribution in [1.82, 2.24) is 5.32 Å². The van der Waals surface area contributed by atoms with Crippen LogP contribution in [0.1, 0.15) is 32.3 Å². The van der Waals surface area contributed by atoms with Gasteiger partial charge in [-0.2, -0.15) is 0 Å². The van der Waals surface area contributed by atoms with E-state index >= 15 is 0 Å². The average Bonchev–Trinajstić information content (AvgIpc) is 2.33. The molecule has 1 rings (SSSR count). The van der Waals surface area contributed by atoms with Crippen molar-refractivity contribution in [2.75, 3.05) is 7.05 Å². The van der Waals surface area contributed by atoms with Gasteiger partial charge in [-0.3, -0.25) is 0 Å². The summed E-state index contributed by atoms with van der Waals surface area (Å²) < 4.78 is 13.2. The van der Waals surface area contributed by atoms with Crippen LogP contribution in [0, 0.1) is 11.7 Å². The Morgan fingerprint density at radius 2 is 1.94 bits per heavy atom. The number of hydrogen-bond donors (Lipinski definition) is 1. The molecule has 0 fully saturated rings. The van der Waals surface area contributed by atoms with E-state index in [0.717, 1.165) is 24.8 Å². The topological polar surface area (TPSA) is 12.0 Å². The molecule has 1 nitrogen and oxygen atoms in total. The molecule has 17 heavy (non-hydrogen) atoms. The molecule has 0 amide bonds. The quantitative estimate of drug-likeness (QED) is 0.811. The van der Waals surface area contributed by atoms with Crippen LogP contribution in [0.5, 0.6) is 0 Å². The number of benzene rings is 1. The third-order valence-corrected chi connectivity index (χ3v) is 3.80. The van der Waals surface area contributed by atoms with E-state index in [4.69, 9.17) is 11.6 Å². The lowest BCUT2D eigenvalue weighted by atomic mass is 9.89. The first-order valence-electron chi connectivity index (χ1n) is 6.23. The van der Waals surface area contributed by atoms with Gasteiger partial charge in [0.25, 0.3) is 0 Å². The number of likely N-dealkylation sites (N-methyl/N-ethyl adjacent to an activating group) is 1. The molecule has 0 radical (unpaired) electrons. The highest BCUT2D eigenvalue weighted by atomic mass is 35.5. The Labute approximate surface area is 108 Å². The van der Waals surface area contributed by atoms with E-state index in [0.29, 0.717) is 17.0 Å². The van der Waals surface area contributed by atoms with E-state index in [-0.39, 0.29) is 5.82 Å². The van der Waals surface area contributed by atoms with E-state index in [1.807, 2.05) is 7.05 Å². The number of halogens is 2. The molecule has 0 saturated heterocycles. The molecule has 0 spiro atoms. The molecule has 0 aliphatic heterocycles. The van der Waals surface area contributed by atoms with Gasteiger partial charge in [-0.15, -0.1) is 0 Å². The monoisotopic (exact) mass is 257 g/mol. The maximum Gasteiger partial charge on any atom is 0.123 e. The number of nitrogens with one attached hydrogen (secondary N) is 1. The summed E-state index contributed by atoms with van der Waals surface area (Å²) in [7, 11) is 1.95. The van der Waals surface area contributed by atoms with Crippen molar-refractivity contribution >= 4 is 11.6 Å². The molecule has 96 valence electrons. The van der Waals surface area contributed by atoms with Crippen molar-refractivity contribution in [2.24, 2.45) is 5.92 Å². The molecule has 0 bridgehead atoms. The van der Waals surface area contributed by atoms with Crippen LogP contribution in [0.25, 0.3) is 0 Å². The SMILES string of the molecule is CCC(CC)C(Cc1cc(F)ccc1Cl)NC. The molecule has 1 unspecified atom stereocenters. The van der Waals surface area contributed by atoms with Gasteiger partial charge in [0.15, 0.2) is 0 Å². The minimum absolute atomic E-state index is 0.219. The van der Waals surface area contributed by atoms with E-state index < -0.39 is 0 Å². The zero-order chi connectivity index (χ0) is 12.8. The molecule has 1 aromatic carbocycles. The van der Waals surface area contributed by atoms with Crippen molar-refractivity contribution in [3.05, 3.63) is 34.6 Å². The maximum absolute atomic E-state index is 13.2. The zero-order valence-corrected chi connectivity index (χ0v) is 11.5. The Hall–Kier alpha value is -0.600. The van der Waals surface area contributed by atoms with Crippen LogP contribution in [-0.2, 0) is 6.42 Å². The third kappa shape index (κ3) is 3.97. The normalized spacial score (nSPS) is 13.1. The summed E-state index contributed by atoms with van der Waals surface area (Å²) in [6.45, 7) is 4.37. The summed E-state index contributed by atoms with van der Waals surface area (Å²) in [4.78, 5) is 0. The highest BCUT2D eigenvalue weighted by Gasteiger charge is 2.18. The minimum atomic E-state index is -0.219. The first kappa shape index (κ1) is 14.5. The number of hydrogen-bond acceptors (Lipinski definition) is 1. The van der Waals surface area contributed by atoms with E-state index in [2.05, 4.69) is 19.2 Å². The summed E-state index contributed by atoms with van der Waals surface area (Å²) >= 11 is 6.09. The van der Waals surface area contributed by atoms with Crippen LogP contribution < -0.4 is 5.32 Å². The Balaban J connectivity index is 2.83. The van der Waals surface area contributed by atoms with Crippen LogP contribution in [0.2, 0.25) is 5.02 Å². The van der Waals surface area contributed by atoms with Crippen LogP contribution in [0.4, 0.5) is 4.39 Å². The van der Waals surface area contributed by atoms with Crippen molar-refractivity contribution in [3.8, 4) is 0 Å². The fourth-order valence-corrected chi connectivity index (χ4v) is 2.49.